The number of nitrogens with two attached hydrogens (primary N) is 1. The number of hydrogen-bond donors (Lipinski definition) is 1. The number of rotatable bonds is 8. The molecule has 0 radical (unpaired) electrons. The summed E-state index contributed by atoms with van der Waals surface area (Å²) in [7, 11) is 0. The van der Waals surface area contributed by atoms with Crippen molar-refractivity contribution in [1.29, 1.82) is 0 Å². The van der Waals surface area contributed by atoms with Crippen molar-refractivity contribution in [2.24, 2.45) is 5.73 Å². The highest BCUT2D eigenvalue weighted by Gasteiger charge is 2.18. The summed E-state index contributed by atoms with van der Waals surface area (Å²) in [6, 6.07) is 9.27. The molecule has 23 heavy (non-hydrogen) atoms. The van der Waals surface area contributed by atoms with Gasteiger partial charge in [-0.15, -0.1) is 0 Å². The lowest BCUT2D eigenvalue weighted by Gasteiger charge is -2.24. The van der Waals surface area contributed by atoms with Crippen LogP contribution in [-0.4, -0.2) is 46.4 Å². The van der Waals surface area contributed by atoms with Gasteiger partial charge in [-0.2, -0.15) is 0 Å². The van der Waals surface area contributed by atoms with Crippen molar-refractivity contribution in [3.05, 3.63) is 30.3 Å². The van der Waals surface area contributed by atoms with Gasteiger partial charge >= 0.3 is 0 Å². The van der Waals surface area contributed by atoms with E-state index >= 15 is 0 Å². The first-order valence-corrected chi connectivity index (χ1v) is 8.94. The number of primary amides is 1. The third-order valence-electron chi connectivity index (χ3n) is 3.29. The van der Waals surface area contributed by atoms with Crippen molar-refractivity contribution in [2.45, 2.75) is 20.3 Å². The molecule has 7 heteroatoms. The lowest BCUT2D eigenvalue weighted by molar-refractivity contribution is -0.118. The summed E-state index contributed by atoms with van der Waals surface area (Å²) in [6.45, 7) is 5.97. The summed E-state index contributed by atoms with van der Waals surface area (Å²) in [5.41, 5.74) is 5.96. The number of thioether (sulfide) groups is 1. The molecule has 0 saturated heterocycles. The van der Waals surface area contributed by atoms with Crippen molar-refractivity contribution in [3.63, 3.8) is 0 Å². The molecule has 1 aromatic carbocycles. The van der Waals surface area contributed by atoms with Crippen LogP contribution < -0.4 is 10.6 Å². The fourth-order valence-electron chi connectivity index (χ4n) is 2.00. The van der Waals surface area contributed by atoms with Crippen LogP contribution in [0.15, 0.2) is 30.3 Å². The molecular formula is C16H23N3O2S2. The second-order valence-corrected chi connectivity index (χ2v) is 6.43. The van der Waals surface area contributed by atoms with Gasteiger partial charge in [-0.05, 0) is 26.0 Å². The number of carbonyl (C=O) groups is 2. The van der Waals surface area contributed by atoms with E-state index in [0.717, 1.165) is 18.8 Å². The lowest BCUT2D eigenvalue weighted by Crippen LogP contribution is -2.36. The summed E-state index contributed by atoms with van der Waals surface area (Å²) in [4.78, 5) is 27.2. The molecule has 0 bridgehead atoms. The third kappa shape index (κ3) is 6.58. The van der Waals surface area contributed by atoms with Gasteiger partial charge in [-0.25, -0.2) is 0 Å². The monoisotopic (exact) mass is 353 g/mol. The molecule has 1 rings (SSSR count). The maximum atomic E-state index is 12.5. The fourth-order valence-corrected chi connectivity index (χ4v) is 3.28. The van der Waals surface area contributed by atoms with Gasteiger partial charge in [0.05, 0.1) is 5.75 Å². The molecular weight excluding hydrogens is 330 g/mol. The minimum atomic E-state index is -0.426. The Morgan fingerprint density at radius 1 is 1.17 bits per heavy atom. The summed E-state index contributed by atoms with van der Waals surface area (Å²) in [5, 5.41) is 0. The highest BCUT2D eigenvalue weighted by molar-refractivity contribution is 8.23. The zero-order valence-electron chi connectivity index (χ0n) is 13.5. The minimum absolute atomic E-state index is 0.0862. The third-order valence-corrected chi connectivity index (χ3v) is 4.80. The Morgan fingerprint density at radius 3 is 2.30 bits per heavy atom. The smallest absolute Gasteiger partial charge is 0.237 e. The second kappa shape index (κ2) is 10.2. The zero-order valence-corrected chi connectivity index (χ0v) is 15.2. The Hall–Kier alpha value is -1.60. The van der Waals surface area contributed by atoms with Crippen LogP contribution in [0.25, 0.3) is 0 Å². The molecule has 5 nitrogen and oxygen atoms in total. The number of para-hydroxylation sites is 1. The fraction of sp³-hybridized carbons (Fsp3) is 0.438. The summed E-state index contributed by atoms with van der Waals surface area (Å²) >= 11 is 6.69. The van der Waals surface area contributed by atoms with E-state index in [0.29, 0.717) is 4.32 Å². The van der Waals surface area contributed by atoms with E-state index in [-0.39, 0.29) is 24.6 Å². The highest BCUT2D eigenvalue weighted by Crippen LogP contribution is 2.17. The largest absolute Gasteiger partial charge is 0.370 e. The van der Waals surface area contributed by atoms with Crippen LogP contribution in [0.2, 0.25) is 0 Å². The predicted octanol–water partition coefficient (Wildman–Crippen LogP) is 2.25. The van der Waals surface area contributed by atoms with Crippen molar-refractivity contribution in [3.8, 4) is 0 Å². The van der Waals surface area contributed by atoms with Crippen LogP contribution in [-0.2, 0) is 9.59 Å². The molecule has 0 fully saturated rings. The maximum Gasteiger partial charge on any atom is 0.237 e. The second-order valence-electron chi connectivity index (χ2n) is 4.82. The number of nitrogens with zero attached hydrogens (tertiary/aromatic N) is 2. The molecule has 2 N–H and O–H groups in total. The topological polar surface area (TPSA) is 66.6 Å². The lowest BCUT2D eigenvalue weighted by atomic mass is 10.2. The Labute approximate surface area is 147 Å². The Kier molecular flexibility index (Phi) is 8.65. The quantitative estimate of drug-likeness (QED) is 0.726. The van der Waals surface area contributed by atoms with E-state index in [9.17, 15) is 9.59 Å². The average molecular weight is 354 g/mol. The molecule has 0 aliphatic rings. The van der Waals surface area contributed by atoms with Crippen LogP contribution in [0, 0.1) is 0 Å². The van der Waals surface area contributed by atoms with Gasteiger partial charge in [0.2, 0.25) is 11.8 Å². The molecule has 0 aromatic heterocycles. The number of anilines is 1. The van der Waals surface area contributed by atoms with E-state index in [1.165, 1.54) is 11.8 Å². The van der Waals surface area contributed by atoms with Gasteiger partial charge in [0, 0.05) is 31.7 Å². The van der Waals surface area contributed by atoms with Crippen molar-refractivity contribution in [1.82, 2.24) is 4.90 Å². The summed E-state index contributed by atoms with van der Waals surface area (Å²) in [5.74, 6) is -0.273. The molecule has 0 aliphatic heterocycles. The van der Waals surface area contributed by atoms with Gasteiger partial charge in [0.15, 0.2) is 0 Å². The SMILES string of the molecule is CCN(CC)C(=S)SCC(=O)N(CCC(N)=O)c1ccccc1. The summed E-state index contributed by atoms with van der Waals surface area (Å²) < 4.78 is 0.714. The van der Waals surface area contributed by atoms with Crippen LogP contribution in [0.5, 0.6) is 0 Å². The normalized spacial score (nSPS) is 10.2. The first-order chi connectivity index (χ1) is 11.0. The predicted molar refractivity (Wildman–Crippen MR) is 101 cm³/mol. The number of hydrogen-bond acceptors (Lipinski definition) is 4. The van der Waals surface area contributed by atoms with Crippen LogP contribution >= 0.6 is 24.0 Å². The van der Waals surface area contributed by atoms with E-state index < -0.39 is 5.91 Å². The molecule has 0 unspecified atom stereocenters. The van der Waals surface area contributed by atoms with Crippen molar-refractivity contribution in [2.75, 3.05) is 30.3 Å². The molecule has 0 spiro atoms. The molecule has 2 amide bonds. The van der Waals surface area contributed by atoms with E-state index in [4.69, 9.17) is 18.0 Å². The number of carbonyl (C=O) groups excluding carboxylic acids is 2. The van der Waals surface area contributed by atoms with Gasteiger partial charge in [-0.1, -0.05) is 42.2 Å². The minimum Gasteiger partial charge on any atom is -0.370 e. The number of thiocarbonyl (C=S) groups is 1. The standard InChI is InChI=1S/C16H23N3O2S2/c1-3-18(4-2)16(22)23-12-15(21)19(11-10-14(17)20)13-8-6-5-7-9-13/h5-9H,3-4,10-12H2,1-2H3,(H2,17,20). The Balaban J connectivity index is 2.72. The van der Waals surface area contributed by atoms with Gasteiger partial charge in [0.1, 0.15) is 4.32 Å². The molecule has 0 atom stereocenters. The maximum absolute atomic E-state index is 12.5. The molecule has 126 valence electrons. The Bertz CT molecular complexity index is 533. The van der Waals surface area contributed by atoms with Crippen molar-refractivity contribution < 1.29 is 9.59 Å². The van der Waals surface area contributed by atoms with Crippen LogP contribution in [0.4, 0.5) is 5.69 Å². The summed E-state index contributed by atoms with van der Waals surface area (Å²) in [6.07, 6.45) is 0.131. The van der Waals surface area contributed by atoms with Gasteiger partial charge in [0.25, 0.3) is 0 Å². The van der Waals surface area contributed by atoms with E-state index in [2.05, 4.69) is 0 Å². The molecule has 0 aliphatic carbocycles. The first-order valence-electron chi connectivity index (χ1n) is 7.55. The number of benzene rings is 1. The Morgan fingerprint density at radius 2 is 1.78 bits per heavy atom. The van der Waals surface area contributed by atoms with Crippen molar-refractivity contribution >= 4 is 45.8 Å². The molecule has 0 saturated carbocycles. The number of amides is 2. The van der Waals surface area contributed by atoms with E-state index in [1.807, 2.05) is 49.1 Å². The molecule has 0 heterocycles. The van der Waals surface area contributed by atoms with Crippen LogP contribution in [0.3, 0.4) is 0 Å². The first kappa shape index (κ1) is 19.4. The van der Waals surface area contributed by atoms with Crippen LogP contribution in [0.1, 0.15) is 20.3 Å². The van der Waals surface area contributed by atoms with E-state index in [1.54, 1.807) is 4.90 Å². The van der Waals surface area contributed by atoms with Gasteiger partial charge < -0.3 is 15.5 Å². The zero-order chi connectivity index (χ0) is 17.2. The van der Waals surface area contributed by atoms with Gasteiger partial charge in [-0.3, -0.25) is 9.59 Å². The highest BCUT2D eigenvalue weighted by atomic mass is 32.2. The molecule has 1 aromatic rings. The average Bonchev–Trinajstić information content (AvgIpc) is 2.55.